The fraction of sp³-hybridized carbons (Fsp3) is 0.375. The van der Waals surface area contributed by atoms with Gasteiger partial charge in [0.2, 0.25) is 0 Å². The molecule has 0 unspecified atom stereocenters. The van der Waals surface area contributed by atoms with Crippen LogP contribution in [0.15, 0.2) is 23.1 Å². The van der Waals surface area contributed by atoms with Crippen molar-refractivity contribution in [3.05, 3.63) is 23.3 Å². The van der Waals surface area contributed by atoms with Crippen LogP contribution in [0, 0.1) is 0 Å². The predicted molar refractivity (Wildman–Crippen MR) is 61.8 cm³/mol. The SMILES string of the molecule is C=CCN(CC)S(=O)(=O)c1cnc(Cl)s1. The molecule has 1 aromatic rings. The standard InChI is InChI=1S/C8H11ClN2O2S2/c1-3-5-11(4-2)15(12,13)7-6-10-8(9)14-7/h3,6H,1,4-5H2,2H3. The van der Waals surface area contributed by atoms with Crippen LogP contribution in [-0.4, -0.2) is 30.8 Å². The smallest absolute Gasteiger partial charge is 0.232 e. The minimum absolute atomic E-state index is 0.163. The number of aromatic nitrogens is 1. The van der Waals surface area contributed by atoms with Crippen molar-refractivity contribution in [2.75, 3.05) is 13.1 Å². The Morgan fingerprint density at radius 3 is 2.80 bits per heavy atom. The highest BCUT2D eigenvalue weighted by Gasteiger charge is 2.24. The third kappa shape index (κ3) is 2.78. The van der Waals surface area contributed by atoms with Crippen molar-refractivity contribution >= 4 is 33.0 Å². The third-order valence-electron chi connectivity index (χ3n) is 1.74. The van der Waals surface area contributed by atoms with Crippen LogP contribution >= 0.6 is 22.9 Å². The van der Waals surface area contributed by atoms with Gasteiger partial charge >= 0.3 is 0 Å². The highest BCUT2D eigenvalue weighted by molar-refractivity contribution is 7.91. The van der Waals surface area contributed by atoms with Crippen LogP contribution in [0.3, 0.4) is 0 Å². The van der Waals surface area contributed by atoms with Gasteiger partial charge in [0.05, 0.1) is 6.20 Å². The Labute approximate surface area is 98.3 Å². The number of rotatable bonds is 5. The normalized spacial score (nSPS) is 11.9. The molecule has 0 bridgehead atoms. The van der Waals surface area contributed by atoms with Gasteiger partial charge in [-0.3, -0.25) is 0 Å². The van der Waals surface area contributed by atoms with Gasteiger partial charge < -0.3 is 0 Å². The topological polar surface area (TPSA) is 50.3 Å². The van der Waals surface area contributed by atoms with Gasteiger partial charge in [-0.25, -0.2) is 13.4 Å². The van der Waals surface area contributed by atoms with Crippen molar-refractivity contribution in [2.45, 2.75) is 11.1 Å². The Balaban J connectivity index is 3.05. The maximum absolute atomic E-state index is 12.0. The van der Waals surface area contributed by atoms with Crippen LogP contribution in [0.25, 0.3) is 0 Å². The summed E-state index contributed by atoms with van der Waals surface area (Å²) in [6, 6.07) is 0. The molecule has 1 aromatic heterocycles. The van der Waals surface area contributed by atoms with E-state index in [0.717, 1.165) is 11.3 Å². The molecule has 15 heavy (non-hydrogen) atoms. The number of likely N-dealkylation sites (N-methyl/N-ethyl adjacent to an activating group) is 1. The van der Waals surface area contributed by atoms with Gasteiger partial charge in [0, 0.05) is 13.1 Å². The Morgan fingerprint density at radius 1 is 1.73 bits per heavy atom. The minimum Gasteiger partial charge on any atom is -0.232 e. The van der Waals surface area contributed by atoms with Gasteiger partial charge in [0.25, 0.3) is 10.0 Å². The van der Waals surface area contributed by atoms with Crippen LogP contribution in [0.4, 0.5) is 0 Å². The molecule has 0 aliphatic carbocycles. The molecular weight excluding hydrogens is 256 g/mol. The summed E-state index contributed by atoms with van der Waals surface area (Å²) in [7, 11) is -3.46. The molecular formula is C8H11ClN2O2S2. The number of hydrogen-bond donors (Lipinski definition) is 0. The molecule has 1 heterocycles. The summed E-state index contributed by atoms with van der Waals surface area (Å²) >= 11 is 6.55. The van der Waals surface area contributed by atoms with E-state index >= 15 is 0 Å². The highest BCUT2D eigenvalue weighted by Crippen LogP contribution is 2.25. The van der Waals surface area contributed by atoms with Gasteiger partial charge in [0.15, 0.2) is 8.68 Å². The molecule has 0 fully saturated rings. The van der Waals surface area contributed by atoms with Crippen LogP contribution < -0.4 is 0 Å². The summed E-state index contributed by atoms with van der Waals surface area (Å²) in [4.78, 5) is 3.71. The van der Waals surface area contributed by atoms with Crippen LogP contribution in [0.1, 0.15) is 6.92 Å². The number of sulfonamides is 1. The van der Waals surface area contributed by atoms with E-state index in [2.05, 4.69) is 11.6 Å². The minimum atomic E-state index is -3.46. The van der Waals surface area contributed by atoms with Crippen LogP contribution in [-0.2, 0) is 10.0 Å². The third-order valence-corrected chi connectivity index (χ3v) is 5.23. The summed E-state index contributed by atoms with van der Waals surface area (Å²) in [5.74, 6) is 0. The zero-order valence-corrected chi connectivity index (χ0v) is 10.6. The quantitative estimate of drug-likeness (QED) is 0.766. The molecule has 0 atom stereocenters. The first-order valence-corrected chi connectivity index (χ1v) is 6.88. The molecule has 0 N–H and O–H groups in total. The fourth-order valence-corrected chi connectivity index (χ4v) is 3.90. The molecule has 0 aromatic carbocycles. The second-order valence-corrected chi connectivity index (χ2v) is 6.45. The van der Waals surface area contributed by atoms with Gasteiger partial charge in [-0.1, -0.05) is 35.9 Å². The summed E-state index contributed by atoms with van der Waals surface area (Å²) in [5, 5.41) is 0. The monoisotopic (exact) mass is 266 g/mol. The van der Waals surface area contributed by atoms with E-state index in [4.69, 9.17) is 11.6 Å². The van der Waals surface area contributed by atoms with E-state index < -0.39 is 10.0 Å². The maximum Gasteiger partial charge on any atom is 0.254 e. The average Bonchev–Trinajstić information content (AvgIpc) is 2.61. The predicted octanol–water partition coefficient (Wildman–Crippen LogP) is 1.99. The second kappa shape index (κ2) is 5.07. The van der Waals surface area contributed by atoms with Crippen molar-refractivity contribution in [1.29, 1.82) is 0 Å². The lowest BCUT2D eigenvalue weighted by atomic mass is 10.6. The lowest BCUT2D eigenvalue weighted by Crippen LogP contribution is -2.30. The fourth-order valence-electron chi connectivity index (χ4n) is 1.03. The second-order valence-electron chi connectivity index (χ2n) is 2.68. The lowest BCUT2D eigenvalue weighted by molar-refractivity contribution is 0.461. The van der Waals surface area contributed by atoms with E-state index in [1.165, 1.54) is 10.5 Å². The Hall–Kier alpha value is -0.430. The van der Waals surface area contributed by atoms with E-state index in [1.807, 2.05) is 0 Å². The molecule has 84 valence electrons. The summed E-state index contributed by atoms with van der Waals surface area (Å²) in [6.45, 7) is 5.96. The Kier molecular flexibility index (Phi) is 4.27. The first-order chi connectivity index (χ1) is 7.02. The van der Waals surface area contributed by atoms with Crippen molar-refractivity contribution < 1.29 is 8.42 Å². The van der Waals surface area contributed by atoms with Crippen molar-refractivity contribution in [3.8, 4) is 0 Å². The molecule has 7 heteroatoms. The van der Waals surface area contributed by atoms with Crippen molar-refractivity contribution in [1.82, 2.24) is 9.29 Å². The van der Waals surface area contributed by atoms with Gasteiger partial charge in [-0.15, -0.1) is 6.58 Å². The largest absolute Gasteiger partial charge is 0.254 e. The van der Waals surface area contributed by atoms with Crippen molar-refractivity contribution in [3.63, 3.8) is 0 Å². The molecule has 0 spiro atoms. The van der Waals surface area contributed by atoms with Gasteiger partial charge in [-0.05, 0) is 0 Å². The summed E-state index contributed by atoms with van der Waals surface area (Å²) in [6.07, 6.45) is 2.82. The molecule has 0 aliphatic heterocycles. The summed E-state index contributed by atoms with van der Waals surface area (Å²) in [5.41, 5.74) is 0. The van der Waals surface area contributed by atoms with E-state index in [9.17, 15) is 8.42 Å². The maximum atomic E-state index is 12.0. The van der Waals surface area contributed by atoms with Gasteiger partial charge in [-0.2, -0.15) is 4.31 Å². The first-order valence-electron chi connectivity index (χ1n) is 4.24. The number of nitrogens with zero attached hydrogens (tertiary/aromatic N) is 2. The molecule has 0 aliphatic rings. The highest BCUT2D eigenvalue weighted by atomic mass is 35.5. The van der Waals surface area contributed by atoms with E-state index in [1.54, 1.807) is 13.0 Å². The Bertz CT molecular complexity index is 441. The molecule has 0 amide bonds. The molecule has 4 nitrogen and oxygen atoms in total. The lowest BCUT2D eigenvalue weighted by Gasteiger charge is -2.16. The molecule has 0 saturated carbocycles. The average molecular weight is 267 g/mol. The van der Waals surface area contributed by atoms with E-state index in [0.29, 0.717) is 6.54 Å². The van der Waals surface area contributed by atoms with E-state index in [-0.39, 0.29) is 15.2 Å². The van der Waals surface area contributed by atoms with Crippen LogP contribution in [0.2, 0.25) is 4.47 Å². The number of halogens is 1. The first kappa shape index (κ1) is 12.6. The summed E-state index contributed by atoms with van der Waals surface area (Å²) < 4.78 is 25.6. The molecule has 1 rings (SSSR count). The Morgan fingerprint density at radius 2 is 2.40 bits per heavy atom. The zero-order chi connectivity index (χ0) is 11.5. The number of thiazole rings is 1. The molecule has 0 saturated heterocycles. The van der Waals surface area contributed by atoms with Crippen molar-refractivity contribution in [2.24, 2.45) is 0 Å². The molecule has 0 radical (unpaired) electrons. The van der Waals surface area contributed by atoms with Gasteiger partial charge in [0.1, 0.15) is 0 Å². The zero-order valence-electron chi connectivity index (χ0n) is 8.18. The number of hydrogen-bond acceptors (Lipinski definition) is 4. The van der Waals surface area contributed by atoms with Crippen LogP contribution in [0.5, 0.6) is 0 Å².